The Kier molecular flexibility index (Phi) is 8.32. The number of nitrogens with one attached hydrogen (secondary N) is 2. The molecule has 2 amide bonds. The normalized spacial score (nSPS) is 19.3. The lowest BCUT2D eigenvalue weighted by molar-refractivity contribution is -0.141. The van der Waals surface area contributed by atoms with Crippen LogP contribution in [0, 0.1) is 5.92 Å². The Bertz CT molecular complexity index is 1380. The number of nitrogens with zero attached hydrogens (tertiary/aromatic N) is 3. The van der Waals surface area contributed by atoms with Crippen molar-refractivity contribution < 1.29 is 22.8 Å². The lowest BCUT2D eigenvalue weighted by atomic mass is 9.73. The summed E-state index contributed by atoms with van der Waals surface area (Å²) in [6.45, 7) is 5.73. The first-order chi connectivity index (χ1) is 18.3. The molecule has 0 fully saturated rings. The Balaban J connectivity index is 1.73. The molecule has 0 aliphatic heterocycles. The molecular formula is C27H29ClF3N5O2S. The summed E-state index contributed by atoms with van der Waals surface area (Å²) in [6.07, 6.45) is -1.15. The third-order valence-electron chi connectivity index (χ3n) is 6.73. The second kappa shape index (κ2) is 11.2. The van der Waals surface area contributed by atoms with Gasteiger partial charge in [-0.1, -0.05) is 42.8 Å². The van der Waals surface area contributed by atoms with Crippen molar-refractivity contribution >= 4 is 35.2 Å². The molecule has 1 aromatic carbocycles. The van der Waals surface area contributed by atoms with E-state index in [-0.39, 0.29) is 22.7 Å². The van der Waals surface area contributed by atoms with Crippen molar-refractivity contribution in [3.63, 3.8) is 0 Å². The van der Waals surface area contributed by atoms with Gasteiger partial charge in [0.25, 0.3) is 5.91 Å². The number of fused-ring (bicyclic) bond motifs is 1. The molecule has 1 aliphatic carbocycles. The summed E-state index contributed by atoms with van der Waals surface area (Å²) in [6, 6.07) is 10.6. The number of rotatable bonds is 7. The van der Waals surface area contributed by atoms with Crippen LogP contribution in [0.5, 0.6) is 0 Å². The number of thioether (sulfide) groups is 1. The van der Waals surface area contributed by atoms with E-state index in [9.17, 15) is 22.8 Å². The van der Waals surface area contributed by atoms with E-state index in [2.05, 4.69) is 20.7 Å². The fourth-order valence-corrected chi connectivity index (χ4v) is 5.97. The molecule has 0 saturated heterocycles. The van der Waals surface area contributed by atoms with Crippen LogP contribution in [-0.4, -0.2) is 50.2 Å². The summed E-state index contributed by atoms with van der Waals surface area (Å²) in [7, 11) is 0. The maximum absolute atomic E-state index is 13.6. The third kappa shape index (κ3) is 6.24. The maximum atomic E-state index is 13.6. The number of benzene rings is 1. The van der Waals surface area contributed by atoms with Crippen molar-refractivity contribution in [1.82, 2.24) is 25.4 Å². The van der Waals surface area contributed by atoms with Gasteiger partial charge in [0.15, 0.2) is 11.5 Å². The largest absolute Gasteiger partial charge is 0.435 e. The van der Waals surface area contributed by atoms with Gasteiger partial charge in [-0.3, -0.25) is 9.59 Å². The minimum Gasteiger partial charge on any atom is -0.350 e. The van der Waals surface area contributed by atoms with E-state index in [4.69, 9.17) is 11.6 Å². The molecule has 12 heteroatoms. The van der Waals surface area contributed by atoms with Crippen molar-refractivity contribution in [3.8, 4) is 5.82 Å². The molecule has 7 nitrogen and oxygen atoms in total. The van der Waals surface area contributed by atoms with E-state index in [0.717, 1.165) is 15.8 Å². The highest BCUT2D eigenvalue weighted by atomic mass is 35.5. The molecular weight excluding hydrogens is 551 g/mol. The SMILES string of the molecule is CSCC(C)(C)NC(=O)[C@H]1Cc2ccccc2C(C)[C@H]1NC(=O)c1cc(C(F)(F)F)nn1-c1ncccc1Cl. The highest BCUT2D eigenvalue weighted by Crippen LogP contribution is 2.36. The van der Waals surface area contributed by atoms with E-state index in [1.807, 2.05) is 51.3 Å². The minimum atomic E-state index is -4.80. The molecule has 2 N–H and O–H groups in total. The molecule has 4 rings (SSSR count). The average Bonchev–Trinajstić information content (AvgIpc) is 3.31. The highest BCUT2D eigenvalue weighted by Gasteiger charge is 2.42. The molecule has 0 bridgehead atoms. The molecule has 3 aromatic rings. The van der Waals surface area contributed by atoms with Crippen LogP contribution < -0.4 is 10.6 Å². The van der Waals surface area contributed by atoms with Crippen molar-refractivity contribution in [2.24, 2.45) is 5.92 Å². The summed E-state index contributed by atoms with van der Waals surface area (Å²) in [5.74, 6) is -1.45. The van der Waals surface area contributed by atoms with Gasteiger partial charge in [0.2, 0.25) is 5.91 Å². The maximum Gasteiger partial charge on any atom is 0.435 e. The van der Waals surface area contributed by atoms with E-state index < -0.39 is 41.0 Å². The van der Waals surface area contributed by atoms with Gasteiger partial charge in [-0.05, 0) is 49.8 Å². The van der Waals surface area contributed by atoms with Crippen LogP contribution in [0.15, 0.2) is 48.7 Å². The van der Waals surface area contributed by atoms with E-state index >= 15 is 0 Å². The van der Waals surface area contributed by atoms with Crippen molar-refractivity contribution in [3.05, 3.63) is 76.2 Å². The smallest absolute Gasteiger partial charge is 0.350 e. The number of hydrogen-bond acceptors (Lipinski definition) is 5. The number of carbonyl (C=O) groups excluding carboxylic acids is 2. The first-order valence-electron chi connectivity index (χ1n) is 12.3. The Morgan fingerprint density at radius 3 is 2.56 bits per heavy atom. The minimum absolute atomic E-state index is 0.0246. The Hall–Kier alpha value is -3.05. The Labute approximate surface area is 233 Å². The lowest BCUT2D eigenvalue weighted by Gasteiger charge is -2.39. The van der Waals surface area contributed by atoms with Crippen molar-refractivity contribution in [1.29, 1.82) is 0 Å². The first kappa shape index (κ1) is 28.9. The van der Waals surface area contributed by atoms with Gasteiger partial charge in [0.05, 0.1) is 10.9 Å². The van der Waals surface area contributed by atoms with Crippen LogP contribution in [-0.2, 0) is 17.4 Å². The van der Waals surface area contributed by atoms with E-state index in [0.29, 0.717) is 18.2 Å². The molecule has 1 unspecified atom stereocenters. The lowest BCUT2D eigenvalue weighted by Crippen LogP contribution is -2.56. The van der Waals surface area contributed by atoms with Crippen molar-refractivity contribution in [2.75, 3.05) is 12.0 Å². The topological polar surface area (TPSA) is 88.9 Å². The standard InChI is InChI=1S/C27H29ClF3N5O2S/c1-15-17-9-6-5-8-16(17)12-18(24(37)34-26(2,3)14-39-4)22(15)33-25(38)20-13-21(27(29,30)31)35-36(20)23-19(28)10-7-11-32-23/h5-11,13,15,18,22H,12,14H2,1-4H3,(H,33,38)(H,34,37)/t15?,18-,22+/m0/s1. The Morgan fingerprint density at radius 1 is 1.18 bits per heavy atom. The van der Waals surface area contributed by atoms with Crippen LogP contribution in [0.1, 0.15) is 54.0 Å². The van der Waals surface area contributed by atoms with E-state index in [1.54, 1.807) is 11.8 Å². The molecule has 0 radical (unpaired) electrons. The van der Waals surface area contributed by atoms with Crippen LogP contribution in [0.2, 0.25) is 5.02 Å². The zero-order chi connectivity index (χ0) is 28.5. The first-order valence-corrected chi connectivity index (χ1v) is 14.1. The number of hydrogen-bond donors (Lipinski definition) is 2. The van der Waals surface area contributed by atoms with Gasteiger partial charge in [-0.25, -0.2) is 9.67 Å². The summed E-state index contributed by atoms with van der Waals surface area (Å²) in [5.41, 5.74) is -0.197. The third-order valence-corrected chi connectivity index (χ3v) is 8.04. The molecule has 3 atom stereocenters. The summed E-state index contributed by atoms with van der Waals surface area (Å²) in [5, 5.41) is 9.58. The number of amides is 2. The number of halogens is 4. The number of pyridine rings is 1. The van der Waals surface area contributed by atoms with Gasteiger partial charge in [-0.15, -0.1) is 0 Å². The van der Waals surface area contributed by atoms with Crippen LogP contribution >= 0.6 is 23.4 Å². The number of aromatic nitrogens is 3. The second-order valence-electron chi connectivity index (χ2n) is 10.2. The van der Waals surface area contributed by atoms with Gasteiger partial charge >= 0.3 is 6.18 Å². The molecule has 1 aliphatic rings. The summed E-state index contributed by atoms with van der Waals surface area (Å²) < 4.78 is 41.6. The zero-order valence-corrected chi connectivity index (χ0v) is 23.4. The summed E-state index contributed by atoms with van der Waals surface area (Å²) in [4.78, 5) is 31.2. The molecule has 2 heterocycles. The summed E-state index contributed by atoms with van der Waals surface area (Å²) >= 11 is 7.79. The number of carbonyl (C=O) groups is 2. The average molecular weight is 580 g/mol. The molecule has 0 spiro atoms. The monoisotopic (exact) mass is 579 g/mol. The van der Waals surface area contributed by atoms with Gasteiger partial charge in [-0.2, -0.15) is 30.0 Å². The fourth-order valence-electron chi connectivity index (χ4n) is 4.98. The van der Waals surface area contributed by atoms with Gasteiger partial charge < -0.3 is 10.6 Å². The molecule has 0 saturated carbocycles. The second-order valence-corrected chi connectivity index (χ2v) is 11.5. The Morgan fingerprint density at radius 2 is 1.90 bits per heavy atom. The van der Waals surface area contributed by atoms with E-state index in [1.165, 1.54) is 18.3 Å². The van der Waals surface area contributed by atoms with Gasteiger partial charge in [0, 0.05) is 35.5 Å². The van der Waals surface area contributed by atoms with Crippen LogP contribution in [0.4, 0.5) is 13.2 Å². The predicted molar refractivity (Wildman–Crippen MR) is 145 cm³/mol. The van der Waals surface area contributed by atoms with Crippen LogP contribution in [0.3, 0.4) is 0 Å². The van der Waals surface area contributed by atoms with Gasteiger partial charge in [0.1, 0.15) is 5.69 Å². The number of alkyl halides is 3. The zero-order valence-electron chi connectivity index (χ0n) is 21.8. The molecule has 39 heavy (non-hydrogen) atoms. The molecule has 2 aromatic heterocycles. The highest BCUT2D eigenvalue weighted by molar-refractivity contribution is 7.98. The van der Waals surface area contributed by atoms with Crippen molar-refractivity contribution in [2.45, 2.75) is 50.9 Å². The molecule has 208 valence electrons. The fraction of sp³-hybridized carbons (Fsp3) is 0.407. The quantitative estimate of drug-likeness (QED) is 0.398. The van der Waals surface area contributed by atoms with Crippen LogP contribution in [0.25, 0.3) is 5.82 Å². The predicted octanol–water partition coefficient (Wildman–Crippen LogP) is 5.27.